The summed E-state index contributed by atoms with van der Waals surface area (Å²) in [5.41, 5.74) is 1.59. The van der Waals surface area contributed by atoms with Gasteiger partial charge in [0, 0.05) is 24.2 Å². The topological polar surface area (TPSA) is 64.4 Å². The van der Waals surface area contributed by atoms with E-state index in [9.17, 15) is 10.1 Å². The molecule has 0 radical (unpaired) electrons. The van der Waals surface area contributed by atoms with Gasteiger partial charge < -0.3 is 10.1 Å². The molecule has 0 bridgehead atoms. The van der Waals surface area contributed by atoms with Gasteiger partial charge in [0.15, 0.2) is 0 Å². The number of methoxy groups -OCH3 is 1. The molecule has 0 spiro atoms. The number of anilines is 1. The third kappa shape index (κ3) is 3.19. The molecule has 2 rings (SSSR count). The molecule has 2 aromatic rings. The smallest absolute Gasteiger partial charge is 0.271 e. The summed E-state index contributed by atoms with van der Waals surface area (Å²) in [6, 6.07) is 11.9. The number of benzene rings is 2. The first-order valence-electron chi connectivity index (χ1n) is 5.91. The van der Waals surface area contributed by atoms with Crippen LogP contribution in [-0.2, 0) is 6.54 Å². The Kier molecular flexibility index (Phi) is 4.42. The fourth-order valence-corrected chi connectivity index (χ4v) is 2.04. The van der Waals surface area contributed by atoms with Gasteiger partial charge in [-0.3, -0.25) is 10.1 Å². The maximum atomic E-state index is 10.6. The average molecular weight is 293 g/mol. The number of non-ortho nitro benzene ring substituents is 1. The molecule has 0 saturated carbocycles. The first kappa shape index (κ1) is 14.1. The first-order chi connectivity index (χ1) is 9.61. The number of hydrogen-bond donors (Lipinski definition) is 1. The summed E-state index contributed by atoms with van der Waals surface area (Å²) in [7, 11) is 1.61. The van der Waals surface area contributed by atoms with Crippen molar-refractivity contribution < 1.29 is 9.66 Å². The predicted octanol–water partition coefficient (Wildman–Crippen LogP) is 3.87. The Morgan fingerprint density at radius 2 is 2.05 bits per heavy atom. The van der Waals surface area contributed by atoms with Crippen molar-refractivity contribution in [1.29, 1.82) is 0 Å². The molecule has 6 heteroatoms. The Hall–Kier alpha value is -2.27. The summed E-state index contributed by atoms with van der Waals surface area (Å²) in [6.07, 6.45) is 0. The minimum absolute atomic E-state index is 0.0298. The van der Waals surface area contributed by atoms with Crippen molar-refractivity contribution in [2.45, 2.75) is 6.54 Å². The number of para-hydroxylation sites is 1. The summed E-state index contributed by atoms with van der Waals surface area (Å²) in [6.45, 7) is 0.515. The van der Waals surface area contributed by atoms with Crippen LogP contribution in [0.25, 0.3) is 0 Å². The Bertz CT molecular complexity index is 632. The fourth-order valence-electron chi connectivity index (χ4n) is 1.80. The SMILES string of the molecule is COc1ccccc1CNc1ccc([N+](=O)[O-])cc1Cl. The first-order valence-corrected chi connectivity index (χ1v) is 6.29. The average Bonchev–Trinajstić information content (AvgIpc) is 2.46. The zero-order chi connectivity index (χ0) is 14.5. The molecule has 0 amide bonds. The van der Waals surface area contributed by atoms with E-state index in [0.29, 0.717) is 17.3 Å². The van der Waals surface area contributed by atoms with E-state index in [1.54, 1.807) is 13.2 Å². The van der Waals surface area contributed by atoms with Crippen LogP contribution in [0.15, 0.2) is 42.5 Å². The Morgan fingerprint density at radius 3 is 2.70 bits per heavy atom. The van der Waals surface area contributed by atoms with E-state index >= 15 is 0 Å². The highest BCUT2D eigenvalue weighted by molar-refractivity contribution is 6.33. The van der Waals surface area contributed by atoms with E-state index < -0.39 is 4.92 Å². The number of nitro groups is 1. The number of nitrogens with zero attached hydrogens (tertiary/aromatic N) is 1. The van der Waals surface area contributed by atoms with Crippen LogP contribution < -0.4 is 10.1 Å². The van der Waals surface area contributed by atoms with Gasteiger partial charge in [-0.05, 0) is 12.1 Å². The second-order valence-electron chi connectivity index (χ2n) is 4.09. The van der Waals surface area contributed by atoms with Crippen LogP contribution in [0.5, 0.6) is 5.75 Å². The van der Waals surface area contributed by atoms with Crippen molar-refractivity contribution in [3.63, 3.8) is 0 Å². The molecular formula is C14H13ClN2O3. The molecule has 0 aromatic heterocycles. The highest BCUT2D eigenvalue weighted by Crippen LogP contribution is 2.27. The molecule has 0 heterocycles. The third-order valence-corrected chi connectivity index (χ3v) is 3.14. The van der Waals surface area contributed by atoms with Crippen molar-refractivity contribution >= 4 is 23.0 Å². The van der Waals surface area contributed by atoms with Crippen LogP contribution in [-0.4, -0.2) is 12.0 Å². The van der Waals surface area contributed by atoms with E-state index in [-0.39, 0.29) is 5.69 Å². The number of hydrogen-bond acceptors (Lipinski definition) is 4. The molecular weight excluding hydrogens is 280 g/mol. The molecule has 0 atom stereocenters. The van der Waals surface area contributed by atoms with Crippen LogP contribution in [0.4, 0.5) is 11.4 Å². The highest BCUT2D eigenvalue weighted by atomic mass is 35.5. The molecule has 0 aliphatic carbocycles. The van der Waals surface area contributed by atoms with Crippen molar-refractivity contribution in [3.8, 4) is 5.75 Å². The predicted molar refractivity (Wildman–Crippen MR) is 78.4 cm³/mol. The van der Waals surface area contributed by atoms with Gasteiger partial charge in [-0.1, -0.05) is 29.8 Å². The maximum absolute atomic E-state index is 10.6. The number of rotatable bonds is 5. The van der Waals surface area contributed by atoms with Crippen LogP contribution in [0, 0.1) is 10.1 Å². The Labute approximate surface area is 121 Å². The number of nitro benzene ring substituents is 1. The second-order valence-corrected chi connectivity index (χ2v) is 4.49. The lowest BCUT2D eigenvalue weighted by atomic mass is 10.2. The van der Waals surface area contributed by atoms with Gasteiger partial charge in [0.25, 0.3) is 5.69 Å². The molecule has 0 unspecified atom stereocenters. The third-order valence-electron chi connectivity index (χ3n) is 2.83. The van der Waals surface area contributed by atoms with Gasteiger partial charge in [0.05, 0.1) is 22.7 Å². The molecule has 0 saturated heterocycles. The van der Waals surface area contributed by atoms with Crippen LogP contribution in [0.2, 0.25) is 5.02 Å². The van der Waals surface area contributed by atoms with E-state index in [4.69, 9.17) is 16.3 Å². The lowest BCUT2D eigenvalue weighted by Crippen LogP contribution is -2.02. The van der Waals surface area contributed by atoms with E-state index in [2.05, 4.69) is 5.32 Å². The number of nitrogens with one attached hydrogen (secondary N) is 1. The molecule has 0 aliphatic rings. The van der Waals surface area contributed by atoms with Gasteiger partial charge >= 0.3 is 0 Å². The quantitative estimate of drug-likeness (QED) is 0.671. The highest BCUT2D eigenvalue weighted by Gasteiger charge is 2.09. The normalized spacial score (nSPS) is 10.1. The lowest BCUT2D eigenvalue weighted by molar-refractivity contribution is -0.384. The van der Waals surface area contributed by atoms with Gasteiger partial charge in [0.1, 0.15) is 5.75 Å². The second kappa shape index (κ2) is 6.25. The summed E-state index contributed by atoms with van der Waals surface area (Å²) in [5, 5.41) is 14.1. The molecule has 2 aromatic carbocycles. The lowest BCUT2D eigenvalue weighted by Gasteiger charge is -2.11. The largest absolute Gasteiger partial charge is 0.496 e. The summed E-state index contributed by atoms with van der Waals surface area (Å²) in [4.78, 5) is 10.2. The monoisotopic (exact) mass is 292 g/mol. The zero-order valence-electron chi connectivity index (χ0n) is 10.8. The van der Waals surface area contributed by atoms with Crippen molar-refractivity contribution in [1.82, 2.24) is 0 Å². The van der Waals surface area contributed by atoms with Gasteiger partial charge in [0.2, 0.25) is 0 Å². The van der Waals surface area contributed by atoms with Crippen molar-refractivity contribution in [2.75, 3.05) is 12.4 Å². The minimum Gasteiger partial charge on any atom is -0.496 e. The van der Waals surface area contributed by atoms with E-state index in [1.807, 2.05) is 24.3 Å². The van der Waals surface area contributed by atoms with E-state index in [1.165, 1.54) is 12.1 Å². The fraction of sp³-hybridized carbons (Fsp3) is 0.143. The Morgan fingerprint density at radius 1 is 1.30 bits per heavy atom. The standard InChI is InChI=1S/C14H13ClN2O3/c1-20-14-5-3-2-4-10(14)9-16-13-7-6-11(17(18)19)8-12(13)15/h2-8,16H,9H2,1H3. The van der Waals surface area contributed by atoms with Crippen LogP contribution in [0.3, 0.4) is 0 Å². The van der Waals surface area contributed by atoms with Crippen LogP contribution >= 0.6 is 11.6 Å². The molecule has 1 N–H and O–H groups in total. The van der Waals surface area contributed by atoms with Gasteiger partial charge in [-0.15, -0.1) is 0 Å². The molecule has 104 valence electrons. The molecule has 5 nitrogen and oxygen atoms in total. The summed E-state index contributed by atoms with van der Waals surface area (Å²) in [5.74, 6) is 0.776. The van der Waals surface area contributed by atoms with Crippen LogP contribution in [0.1, 0.15) is 5.56 Å². The zero-order valence-corrected chi connectivity index (χ0v) is 11.6. The molecule has 0 aliphatic heterocycles. The summed E-state index contributed by atoms with van der Waals surface area (Å²) >= 11 is 6.02. The number of halogens is 1. The molecule has 0 fully saturated rings. The Balaban J connectivity index is 2.13. The number of ether oxygens (including phenoxy) is 1. The summed E-state index contributed by atoms with van der Waals surface area (Å²) < 4.78 is 5.25. The van der Waals surface area contributed by atoms with E-state index in [0.717, 1.165) is 11.3 Å². The van der Waals surface area contributed by atoms with Gasteiger partial charge in [-0.2, -0.15) is 0 Å². The van der Waals surface area contributed by atoms with Gasteiger partial charge in [-0.25, -0.2) is 0 Å². The van der Waals surface area contributed by atoms with Crippen molar-refractivity contribution in [2.24, 2.45) is 0 Å². The minimum atomic E-state index is -0.476. The van der Waals surface area contributed by atoms with Crippen molar-refractivity contribution in [3.05, 3.63) is 63.2 Å². The molecule has 20 heavy (non-hydrogen) atoms. The maximum Gasteiger partial charge on any atom is 0.271 e.